The number of amides is 2. The summed E-state index contributed by atoms with van der Waals surface area (Å²) < 4.78 is 32.8. The third-order valence-corrected chi connectivity index (χ3v) is 6.89. The van der Waals surface area contributed by atoms with E-state index in [4.69, 9.17) is 4.74 Å². The van der Waals surface area contributed by atoms with E-state index in [-0.39, 0.29) is 42.5 Å². The predicted octanol–water partition coefficient (Wildman–Crippen LogP) is 5.08. The molecule has 2 aromatic carbocycles. The van der Waals surface area contributed by atoms with E-state index in [0.29, 0.717) is 12.3 Å². The lowest BCUT2D eigenvalue weighted by Crippen LogP contribution is -2.49. The normalized spacial score (nSPS) is 15.2. The Hall–Kier alpha value is -3.26. The molecule has 178 valence electrons. The number of thiophene rings is 1. The molecule has 34 heavy (non-hydrogen) atoms. The van der Waals surface area contributed by atoms with Crippen LogP contribution in [0.25, 0.3) is 0 Å². The summed E-state index contributed by atoms with van der Waals surface area (Å²) in [6, 6.07) is 12.7. The largest absolute Gasteiger partial charge is 0.491 e. The van der Waals surface area contributed by atoms with Crippen LogP contribution in [0, 0.1) is 11.6 Å². The first-order valence-corrected chi connectivity index (χ1v) is 12.0. The number of rotatable bonds is 7. The molecule has 0 bridgehead atoms. The van der Waals surface area contributed by atoms with Crippen LogP contribution in [0.4, 0.5) is 8.78 Å². The molecule has 0 saturated carbocycles. The molecule has 8 heteroatoms. The molecule has 1 aliphatic rings. The number of carbonyl (C=O) groups is 2. The maximum atomic E-state index is 13.7. The van der Waals surface area contributed by atoms with Crippen molar-refractivity contribution in [1.29, 1.82) is 0 Å². The Morgan fingerprint density at radius 1 is 1.12 bits per heavy atom. The van der Waals surface area contributed by atoms with Gasteiger partial charge in [0.2, 0.25) is 5.91 Å². The SMILES string of the molecule is CC(C)N(CC(=O)N1CCc2sccc2[C@@H]1COc1ccc(F)cc1)C(=O)c1cccc(F)c1. The highest BCUT2D eigenvalue weighted by molar-refractivity contribution is 7.10. The summed E-state index contributed by atoms with van der Waals surface area (Å²) in [4.78, 5) is 30.9. The van der Waals surface area contributed by atoms with E-state index >= 15 is 0 Å². The molecule has 0 unspecified atom stereocenters. The topological polar surface area (TPSA) is 49.9 Å². The Morgan fingerprint density at radius 2 is 1.88 bits per heavy atom. The molecule has 1 aromatic heterocycles. The van der Waals surface area contributed by atoms with Crippen molar-refractivity contribution in [3.63, 3.8) is 0 Å². The molecule has 0 aliphatic carbocycles. The summed E-state index contributed by atoms with van der Waals surface area (Å²) in [5, 5.41) is 2.00. The molecule has 1 aliphatic heterocycles. The van der Waals surface area contributed by atoms with Gasteiger partial charge in [-0.2, -0.15) is 0 Å². The van der Waals surface area contributed by atoms with Crippen LogP contribution in [-0.2, 0) is 11.2 Å². The minimum atomic E-state index is -0.500. The van der Waals surface area contributed by atoms with Crippen LogP contribution in [0.3, 0.4) is 0 Å². The van der Waals surface area contributed by atoms with Crippen molar-refractivity contribution in [2.24, 2.45) is 0 Å². The maximum absolute atomic E-state index is 13.7. The van der Waals surface area contributed by atoms with Gasteiger partial charge in [0.15, 0.2) is 0 Å². The van der Waals surface area contributed by atoms with Gasteiger partial charge in [0, 0.05) is 23.0 Å². The number of ether oxygens (including phenoxy) is 1. The van der Waals surface area contributed by atoms with E-state index in [2.05, 4.69) is 0 Å². The van der Waals surface area contributed by atoms with Gasteiger partial charge in [-0.25, -0.2) is 8.78 Å². The molecule has 4 rings (SSSR count). The summed E-state index contributed by atoms with van der Waals surface area (Å²) in [6.45, 7) is 4.24. The average molecular weight is 485 g/mol. The van der Waals surface area contributed by atoms with E-state index < -0.39 is 11.7 Å². The smallest absolute Gasteiger partial charge is 0.254 e. The van der Waals surface area contributed by atoms with Crippen molar-refractivity contribution in [1.82, 2.24) is 9.80 Å². The highest BCUT2D eigenvalue weighted by atomic mass is 32.1. The zero-order valence-electron chi connectivity index (χ0n) is 19.0. The van der Waals surface area contributed by atoms with Crippen LogP contribution in [-0.4, -0.2) is 47.4 Å². The van der Waals surface area contributed by atoms with Gasteiger partial charge in [-0.15, -0.1) is 11.3 Å². The quantitative estimate of drug-likeness (QED) is 0.470. The highest BCUT2D eigenvalue weighted by Crippen LogP contribution is 2.34. The zero-order chi connectivity index (χ0) is 24.2. The minimum absolute atomic E-state index is 0.125. The van der Waals surface area contributed by atoms with Gasteiger partial charge < -0.3 is 14.5 Å². The number of hydrogen-bond acceptors (Lipinski definition) is 4. The maximum Gasteiger partial charge on any atom is 0.254 e. The standard InChI is InChI=1S/C26H26F2N2O3S/c1-17(2)30(26(32)18-4-3-5-20(28)14-18)15-25(31)29-12-10-24-22(11-13-34-24)23(29)16-33-21-8-6-19(27)7-9-21/h3-9,11,13-14,17,23H,10,12,15-16H2,1-2H3/t23-/m0/s1. The van der Waals surface area contributed by atoms with E-state index in [0.717, 1.165) is 12.0 Å². The summed E-state index contributed by atoms with van der Waals surface area (Å²) in [5.74, 6) is -0.932. The molecule has 0 saturated heterocycles. The van der Waals surface area contributed by atoms with Crippen molar-refractivity contribution >= 4 is 23.2 Å². The third kappa shape index (κ3) is 5.28. The molecule has 0 radical (unpaired) electrons. The first-order chi connectivity index (χ1) is 16.3. The predicted molar refractivity (Wildman–Crippen MR) is 127 cm³/mol. The Kier molecular flexibility index (Phi) is 7.26. The second-order valence-corrected chi connectivity index (χ2v) is 9.45. The van der Waals surface area contributed by atoms with Gasteiger partial charge in [-0.3, -0.25) is 9.59 Å². The molecule has 2 heterocycles. The Labute approximate surface area is 201 Å². The minimum Gasteiger partial charge on any atom is -0.491 e. The van der Waals surface area contributed by atoms with Gasteiger partial charge in [0.1, 0.15) is 30.5 Å². The summed E-state index contributed by atoms with van der Waals surface area (Å²) in [5.41, 5.74) is 1.23. The fourth-order valence-electron chi connectivity index (χ4n) is 4.09. The Morgan fingerprint density at radius 3 is 2.59 bits per heavy atom. The fourth-order valence-corrected chi connectivity index (χ4v) is 5.02. The zero-order valence-corrected chi connectivity index (χ0v) is 19.9. The molecule has 2 amide bonds. The van der Waals surface area contributed by atoms with E-state index in [1.807, 2.05) is 25.3 Å². The van der Waals surface area contributed by atoms with Gasteiger partial charge in [0.25, 0.3) is 5.91 Å². The molecular formula is C26H26F2N2O3S. The highest BCUT2D eigenvalue weighted by Gasteiger charge is 2.34. The van der Waals surface area contributed by atoms with Crippen molar-refractivity contribution in [3.05, 3.63) is 87.6 Å². The molecule has 0 fully saturated rings. The van der Waals surface area contributed by atoms with Crippen LogP contribution in [0.5, 0.6) is 5.75 Å². The number of benzene rings is 2. The van der Waals surface area contributed by atoms with Crippen molar-refractivity contribution in [3.8, 4) is 5.75 Å². The lowest BCUT2D eigenvalue weighted by atomic mass is 10.00. The van der Waals surface area contributed by atoms with Crippen molar-refractivity contribution < 1.29 is 23.1 Å². The Balaban J connectivity index is 1.53. The summed E-state index contributed by atoms with van der Waals surface area (Å²) >= 11 is 1.65. The molecule has 1 atom stereocenters. The van der Waals surface area contributed by atoms with Crippen LogP contribution in [0.1, 0.15) is 40.7 Å². The number of hydrogen-bond donors (Lipinski definition) is 0. The van der Waals surface area contributed by atoms with E-state index in [1.54, 1.807) is 34.4 Å². The van der Waals surface area contributed by atoms with Gasteiger partial charge in [0.05, 0.1) is 6.04 Å². The Bertz CT molecular complexity index is 1160. The molecule has 0 N–H and O–H groups in total. The van der Waals surface area contributed by atoms with E-state index in [9.17, 15) is 18.4 Å². The molecule has 3 aromatic rings. The van der Waals surface area contributed by atoms with Crippen LogP contribution in [0.15, 0.2) is 60.0 Å². The summed E-state index contributed by atoms with van der Waals surface area (Å²) in [6.07, 6.45) is 0.727. The van der Waals surface area contributed by atoms with Crippen LogP contribution >= 0.6 is 11.3 Å². The van der Waals surface area contributed by atoms with Crippen molar-refractivity contribution in [2.75, 3.05) is 19.7 Å². The number of carbonyl (C=O) groups excluding carboxylic acids is 2. The number of fused-ring (bicyclic) bond motifs is 1. The fraction of sp³-hybridized carbons (Fsp3) is 0.308. The van der Waals surface area contributed by atoms with Gasteiger partial charge in [-0.1, -0.05) is 6.07 Å². The van der Waals surface area contributed by atoms with E-state index in [1.165, 1.54) is 40.1 Å². The second-order valence-electron chi connectivity index (χ2n) is 8.45. The van der Waals surface area contributed by atoms with Crippen LogP contribution < -0.4 is 4.74 Å². The third-order valence-electron chi connectivity index (χ3n) is 5.90. The van der Waals surface area contributed by atoms with Crippen molar-refractivity contribution in [2.45, 2.75) is 32.4 Å². The first kappa shape index (κ1) is 23.9. The number of halogens is 2. The molecule has 0 spiro atoms. The van der Waals surface area contributed by atoms with Crippen LogP contribution in [0.2, 0.25) is 0 Å². The monoisotopic (exact) mass is 484 g/mol. The van der Waals surface area contributed by atoms with Gasteiger partial charge >= 0.3 is 0 Å². The van der Waals surface area contributed by atoms with Gasteiger partial charge in [-0.05, 0) is 79.7 Å². The average Bonchev–Trinajstić information content (AvgIpc) is 3.30. The number of nitrogens with zero attached hydrogens (tertiary/aromatic N) is 2. The lowest BCUT2D eigenvalue weighted by Gasteiger charge is -2.37. The lowest BCUT2D eigenvalue weighted by molar-refractivity contribution is -0.136. The summed E-state index contributed by atoms with van der Waals surface area (Å²) in [7, 11) is 0. The molecule has 5 nitrogen and oxygen atoms in total. The first-order valence-electron chi connectivity index (χ1n) is 11.1. The second kappa shape index (κ2) is 10.3. The molecular weight excluding hydrogens is 458 g/mol.